The number of nitrogens with zero attached hydrogens (tertiary/aromatic N) is 4. The van der Waals surface area contributed by atoms with Gasteiger partial charge in [0.2, 0.25) is 0 Å². The van der Waals surface area contributed by atoms with Crippen LogP contribution in [-0.2, 0) is 0 Å². The molecule has 4 nitrogen and oxygen atoms in total. The van der Waals surface area contributed by atoms with Gasteiger partial charge in [-0.05, 0) is 39.8 Å². The van der Waals surface area contributed by atoms with Crippen molar-refractivity contribution in [1.82, 2.24) is 18.7 Å². The molecule has 2 aromatic rings. The van der Waals surface area contributed by atoms with Gasteiger partial charge in [-0.1, -0.05) is 12.1 Å². The smallest absolute Gasteiger partial charge is 0.114 e. The van der Waals surface area contributed by atoms with E-state index in [1.165, 1.54) is 0 Å². The summed E-state index contributed by atoms with van der Waals surface area (Å²) >= 11 is 1.56. The fourth-order valence-corrected chi connectivity index (χ4v) is 2.54. The molecule has 0 aliphatic heterocycles. The monoisotopic (exact) mass is 250 g/mol. The Bertz CT molecular complexity index is 451. The molecule has 17 heavy (non-hydrogen) atoms. The van der Waals surface area contributed by atoms with Gasteiger partial charge in [0, 0.05) is 12.1 Å². The Hall–Kier alpha value is -1.07. The molecule has 0 unspecified atom stereocenters. The molecule has 0 radical (unpaired) electrons. The molecular formula is C12H18N4S. The molecule has 0 bridgehead atoms. The lowest BCUT2D eigenvalue weighted by molar-refractivity contribution is 0.332. The molecule has 0 fully saturated rings. The van der Waals surface area contributed by atoms with E-state index in [1.54, 1.807) is 16.3 Å². The van der Waals surface area contributed by atoms with Crippen molar-refractivity contribution in [3.05, 3.63) is 24.3 Å². The normalized spacial score (nSPS) is 12.2. The predicted molar refractivity (Wildman–Crippen MR) is 72.6 cm³/mol. The lowest BCUT2D eigenvalue weighted by atomic mass is 10.3. The molecule has 2 rings (SSSR count). The molecule has 0 spiro atoms. The van der Waals surface area contributed by atoms with Crippen LogP contribution < -0.4 is 0 Å². The summed E-state index contributed by atoms with van der Waals surface area (Å²) in [7, 11) is 0. The van der Waals surface area contributed by atoms with Gasteiger partial charge in [0.15, 0.2) is 0 Å². The first-order chi connectivity index (χ1) is 8.08. The van der Waals surface area contributed by atoms with Crippen LogP contribution in [0.25, 0.3) is 11.0 Å². The summed E-state index contributed by atoms with van der Waals surface area (Å²) < 4.78 is 3.98. The minimum absolute atomic E-state index is 0.453. The molecule has 0 atom stereocenters. The van der Waals surface area contributed by atoms with Gasteiger partial charge in [0.1, 0.15) is 11.0 Å². The number of fused-ring (bicyclic) bond motifs is 1. The van der Waals surface area contributed by atoms with E-state index < -0.39 is 0 Å². The van der Waals surface area contributed by atoms with E-state index in [-0.39, 0.29) is 0 Å². The SMILES string of the molecule is CC(C)N(Sn1nc2ccccc2n1)C(C)C. The zero-order valence-electron chi connectivity index (χ0n) is 10.7. The maximum Gasteiger partial charge on any atom is 0.114 e. The van der Waals surface area contributed by atoms with Gasteiger partial charge < -0.3 is 0 Å². The van der Waals surface area contributed by atoms with Gasteiger partial charge >= 0.3 is 0 Å². The van der Waals surface area contributed by atoms with E-state index in [9.17, 15) is 0 Å². The summed E-state index contributed by atoms with van der Waals surface area (Å²) in [4.78, 5) is 0. The summed E-state index contributed by atoms with van der Waals surface area (Å²) in [5.74, 6) is 0. The third kappa shape index (κ3) is 2.79. The van der Waals surface area contributed by atoms with Gasteiger partial charge in [-0.25, -0.2) is 4.31 Å². The Morgan fingerprint density at radius 2 is 1.47 bits per heavy atom. The lowest BCUT2D eigenvalue weighted by Crippen LogP contribution is -2.32. The Balaban J connectivity index is 2.22. The highest BCUT2D eigenvalue weighted by atomic mass is 32.2. The van der Waals surface area contributed by atoms with Crippen molar-refractivity contribution < 1.29 is 0 Å². The van der Waals surface area contributed by atoms with Crippen molar-refractivity contribution >= 4 is 23.2 Å². The average Bonchev–Trinajstić information content (AvgIpc) is 2.67. The first-order valence-electron chi connectivity index (χ1n) is 5.87. The Kier molecular flexibility index (Phi) is 3.69. The molecule has 1 aromatic carbocycles. The third-order valence-corrected chi connectivity index (χ3v) is 3.79. The minimum atomic E-state index is 0.453. The van der Waals surface area contributed by atoms with Crippen LogP contribution in [0.3, 0.4) is 0 Å². The molecule has 0 saturated heterocycles. The first-order valence-corrected chi connectivity index (χ1v) is 6.60. The van der Waals surface area contributed by atoms with E-state index in [0.29, 0.717) is 12.1 Å². The van der Waals surface area contributed by atoms with E-state index in [1.807, 2.05) is 24.3 Å². The molecule has 1 aromatic heterocycles. The van der Waals surface area contributed by atoms with Crippen LogP contribution >= 0.6 is 12.1 Å². The summed E-state index contributed by atoms with van der Waals surface area (Å²) in [6, 6.07) is 8.83. The van der Waals surface area contributed by atoms with E-state index >= 15 is 0 Å². The summed E-state index contributed by atoms with van der Waals surface area (Å²) in [6.45, 7) is 8.71. The maximum absolute atomic E-state index is 4.44. The predicted octanol–water partition coefficient (Wildman–Crippen LogP) is 2.96. The molecular weight excluding hydrogens is 232 g/mol. The summed E-state index contributed by atoms with van der Waals surface area (Å²) in [6.07, 6.45) is 0. The molecule has 5 heteroatoms. The minimum Gasteiger partial charge on any atom is -0.224 e. The van der Waals surface area contributed by atoms with Crippen LogP contribution in [0.15, 0.2) is 24.3 Å². The van der Waals surface area contributed by atoms with Gasteiger partial charge in [0.25, 0.3) is 0 Å². The van der Waals surface area contributed by atoms with Crippen molar-refractivity contribution in [2.75, 3.05) is 0 Å². The van der Waals surface area contributed by atoms with Crippen molar-refractivity contribution in [3.63, 3.8) is 0 Å². The van der Waals surface area contributed by atoms with Crippen LogP contribution in [-0.4, -0.2) is 30.8 Å². The molecule has 0 amide bonds. The quantitative estimate of drug-likeness (QED) is 0.781. The van der Waals surface area contributed by atoms with Crippen molar-refractivity contribution in [3.8, 4) is 0 Å². The largest absolute Gasteiger partial charge is 0.224 e. The van der Waals surface area contributed by atoms with E-state index in [0.717, 1.165) is 11.0 Å². The topological polar surface area (TPSA) is 34.0 Å². The Morgan fingerprint density at radius 1 is 1.00 bits per heavy atom. The molecule has 92 valence electrons. The van der Waals surface area contributed by atoms with Crippen LogP contribution in [0.5, 0.6) is 0 Å². The van der Waals surface area contributed by atoms with Crippen LogP contribution in [0.1, 0.15) is 27.7 Å². The number of hydrogen-bond donors (Lipinski definition) is 0. The van der Waals surface area contributed by atoms with Crippen LogP contribution in [0.4, 0.5) is 0 Å². The van der Waals surface area contributed by atoms with Crippen molar-refractivity contribution in [2.24, 2.45) is 0 Å². The van der Waals surface area contributed by atoms with Crippen molar-refractivity contribution in [2.45, 2.75) is 39.8 Å². The standard InChI is InChI=1S/C12H18N4S/c1-9(2)15(10(3)4)17-16-13-11-7-5-6-8-12(11)14-16/h5-10H,1-4H3. The maximum atomic E-state index is 4.44. The fourth-order valence-electron chi connectivity index (χ4n) is 1.75. The molecule has 0 aliphatic rings. The molecule has 0 aliphatic carbocycles. The zero-order valence-corrected chi connectivity index (χ0v) is 11.5. The van der Waals surface area contributed by atoms with Crippen LogP contribution in [0.2, 0.25) is 0 Å². The molecule has 0 N–H and O–H groups in total. The number of benzene rings is 1. The molecule has 1 heterocycles. The highest BCUT2D eigenvalue weighted by molar-refractivity contribution is 7.95. The molecule has 0 saturated carbocycles. The van der Waals surface area contributed by atoms with Gasteiger partial charge in [-0.3, -0.25) is 0 Å². The number of rotatable bonds is 4. The van der Waals surface area contributed by atoms with E-state index in [4.69, 9.17) is 0 Å². The highest BCUT2D eigenvalue weighted by Crippen LogP contribution is 2.20. The Labute approximate surface area is 106 Å². The fraction of sp³-hybridized carbons (Fsp3) is 0.500. The van der Waals surface area contributed by atoms with Crippen molar-refractivity contribution in [1.29, 1.82) is 0 Å². The van der Waals surface area contributed by atoms with Crippen LogP contribution in [0, 0.1) is 0 Å². The third-order valence-electron chi connectivity index (χ3n) is 2.45. The van der Waals surface area contributed by atoms with Gasteiger partial charge in [0.05, 0.1) is 12.1 Å². The summed E-state index contributed by atoms with van der Waals surface area (Å²) in [5, 5.41) is 8.89. The van der Waals surface area contributed by atoms with Gasteiger partial charge in [-0.2, -0.15) is 0 Å². The summed E-state index contributed by atoms with van der Waals surface area (Å²) in [5.41, 5.74) is 1.87. The number of aromatic nitrogens is 3. The number of hydrogen-bond acceptors (Lipinski definition) is 4. The second-order valence-electron chi connectivity index (χ2n) is 4.57. The Morgan fingerprint density at radius 3 is 1.88 bits per heavy atom. The zero-order chi connectivity index (χ0) is 12.4. The highest BCUT2D eigenvalue weighted by Gasteiger charge is 2.16. The van der Waals surface area contributed by atoms with Gasteiger partial charge in [-0.15, -0.1) is 14.4 Å². The lowest BCUT2D eigenvalue weighted by Gasteiger charge is -2.27. The van der Waals surface area contributed by atoms with E-state index in [2.05, 4.69) is 42.2 Å². The first kappa shape index (κ1) is 12.4. The average molecular weight is 250 g/mol. The second-order valence-corrected chi connectivity index (χ2v) is 5.48. The second kappa shape index (κ2) is 5.06.